The second-order valence-electron chi connectivity index (χ2n) is 6.72. The van der Waals surface area contributed by atoms with E-state index in [1.54, 1.807) is 25.0 Å². The van der Waals surface area contributed by atoms with Crippen LogP contribution in [0.5, 0.6) is 5.75 Å². The van der Waals surface area contributed by atoms with Gasteiger partial charge in [-0.3, -0.25) is 4.79 Å². The van der Waals surface area contributed by atoms with E-state index in [9.17, 15) is 9.59 Å². The molecule has 0 spiro atoms. The van der Waals surface area contributed by atoms with Crippen molar-refractivity contribution >= 4 is 5.91 Å². The predicted molar refractivity (Wildman–Crippen MR) is 96.5 cm³/mol. The molecule has 0 unspecified atom stereocenters. The van der Waals surface area contributed by atoms with Crippen LogP contribution in [0.15, 0.2) is 35.1 Å². The molecule has 7 nitrogen and oxygen atoms in total. The molecule has 0 bridgehead atoms. The summed E-state index contributed by atoms with van der Waals surface area (Å²) >= 11 is 0. The zero-order chi connectivity index (χ0) is 18.7. The molecule has 1 aliphatic rings. The van der Waals surface area contributed by atoms with Gasteiger partial charge in [0.05, 0.1) is 6.54 Å². The van der Waals surface area contributed by atoms with E-state index in [2.05, 4.69) is 9.97 Å². The molecule has 1 atom stereocenters. The van der Waals surface area contributed by atoms with Gasteiger partial charge in [0, 0.05) is 19.3 Å². The molecule has 2 heterocycles. The minimum atomic E-state index is -0.574. The van der Waals surface area contributed by atoms with Crippen molar-refractivity contribution < 1.29 is 14.3 Å². The number of aromatic nitrogens is 2. The Bertz CT molecular complexity index is 864. The van der Waals surface area contributed by atoms with Crippen molar-refractivity contribution in [2.24, 2.45) is 0 Å². The molecular weight excluding hydrogens is 334 g/mol. The molecule has 1 amide bonds. The number of hydrogen-bond donors (Lipinski definition) is 1. The van der Waals surface area contributed by atoms with Crippen LogP contribution in [0.25, 0.3) is 0 Å². The van der Waals surface area contributed by atoms with E-state index in [0.717, 1.165) is 11.3 Å². The molecule has 0 aliphatic carbocycles. The SMILES string of the molecule is CO[C@]1(COc2cccc(C)c2)CCN(C(=O)c2cc(C)[nH]c(=O)n2)C1. The number of benzene rings is 1. The van der Waals surface area contributed by atoms with Crippen molar-refractivity contribution in [2.75, 3.05) is 26.8 Å². The van der Waals surface area contributed by atoms with E-state index in [0.29, 0.717) is 31.8 Å². The summed E-state index contributed by atoms with van der Waals surface area (Å²) in [5, 5.41) is 0. The highest BCUT2D eigenvalue weighted by atomic mass is 16.5. The molecular formula is C19H23N3O4. The van der Waals surface area contributed by atoms with E-state index < -0.39 is 11.3 Å². The lowest BCUT2D eigenvalue weighted by Gasteiger charge is -2.27. The van der Waals surface area contributed by atoms with Gasteiger partial charge in [0.15, 0.2) is 0 Å². The van der Waals surface area contributed by atoms with Gasteiger partial charge in [-0.1, -0.05) is 12.1 Å². The summed E-state index contributed by atoms with van der Waals surface area (Å²) in [6.45, 7) is 4.99. The maximum Gasteiger partial charge on any atom is 0.345 e. The minimum Gasteiger partial charge on any atom is -0.491 e. The van der Waals surface area contributed by atoms with Crippen LogP contribution in [0, 0.1) is 13.8 Å². The highest BCUT2D eigenvalue weighted by Gasteiger charge is 2.41. The summed E-state index contributed by atoms with van der Waals surface area (Å²) < 4.78 is 11.6. The Hall–Kier alpha value is -2.67. The fourth-order valence-electron chi connectivity index (χ4n) is 3.13. The van der Waals surface area contributed by atoms with Gasteiger partial charge in [-0.05, 0) is 44.0 Å². The van der Waals surface area contributed by atoms with E-state index in [1.165, 1.54) is 0 Å². The third-order valence-electron chi connectivity index (χ3n) is 4.63. The molecule has 0 saturated carbocycles. The Morgan fingerprint density at radius 3 is 2.85 bits per heavy atom. The molecule has 2 aromatic rings. The molecule has 1 saturated heterocycles. The standard InChI is InChI=1S/C19H23N3O4/c1-13-5-4-6-15(9-13)26-12-19(25-3)7-8-22(11-19)17(23)16-10-14(2)20-18(24)21-16/h4-6,9-10H,7-8,11-12H2,1-3H3,(H,20,21,24)/t19-/m1/s1. The molecule has 1 N–H and O–H groups in total. The Morgan fingerprint density at radius 1 is 1.35 bits per heavy atom. The van der Waals surface area contributed by atoms with Crippen molar-refractivity contribution in [3.63, 3.8) is 0 Å². The smallest absolute Gasteiger partial charge is 0.345 e. The fourth-order valence-corrected chi connectivity index (χ4v) is 3.13. The van der Waals surface area contributed by atoms with Crippen molar-refractivity contribution in [3.05, 3.63) is 57.8 Å². The number of amides is 1. The summed E-state index contributed by atoms with van der Waals surface area (Å²) in [6.07, 6.45) is 0.656. The molecule has 1 aromatic heterocycles. The summed E-state index contributed by atoms with van der Waals surface area (Å²) in [4.78, 5) is 32.2. The lowest BCUT2D eigenvalue weighted by Crippen LogP contribution is -2.42. The van der Waals surface area contributed by atoms with Crippen molar-refractivity contribution in [3.8, 4) is 5.75 Å². The molecule has 0 radical (unpaired) electrons. The summed E-state index contributed by atoms with van der Waals surface area (Å²) in [5.74, 6) is 0.506. The maximum atomic E-state index is 12.7. The monoisotopic (exact) mass is 357 g/mol. The van der Waals surface area contributed by atoms with Gasteiger partial charge in [-0.25, -0.2) is 4.79 Å². The van der Waals surface area contributed by atoms with Crippen LogP contribution in [-0.4, -0.2) is 53.2 Å². The topological polar surface area (TPSA) is 84.5 Å². The summed E-state index contributed by atoms with van der Waals surface area (Å²) in [5.41, 5.74) is 0.780. The van der Waals surface area contributed by atoms with Crippen LogP contribution < -0.4 is 10.4 Å². The normalized spacial score (nSPS) is 19.6. The number of nitrogens with zero attached hydrogens (tertiary/aromatic N) is 2. The number of H-pyrrole nitrogens is 1. The second-order valence-corrected chi connectivity index (χ2v) is 6.72. The maximum absolute atomic E-state index is 12.7. The summed E-state index contributed by atoms with van der Waals surface area (Å²) in [6, 6.07) is 9.39. The van der Waals surface area contributed by atoms with Crippen LogP contribution in [0.2, 0.25) is 0 Å². The van der Waals surface area contributed by atoms with Gasteiger partial charge >= 0.3 is 5.69 Å². The Morgan fingerprint density at radius 2 is 2.15 bits per heavy atom. The number of carbonyl (C=O) groups is 1. The number of aromatic amines is 1. The van der Waals surface area contributed by atoms with Crippen molar-refractivity contribution in [1.29, 1.82) is 0 Å². The third kappa shape index (κ3) is 3.94. The first-order chi connectivity index (χ1) is 12.4. The van der Waals surface area contributed by atoms with Crippen LogP contribution in [-0.2, 0) is 4.74 Å². The zero-order valence-corrected chi connectivity index (χ0v) is 15.2. The lowest BCUT2D eigenvalue weighted by molar-refractivity contribution is -0.0343. The van der Waals surface area contributed by atoms with E-state index in [1.807, 2.05) is 31.2 Å². The van der Waals surface area contributed by atoms with Gasteiger partial charge in [0.25, 0.3) is 5.91 Å². The summed E-state index contributed by atoms with van der Waals surface area (Å²) in [7, 11) is 1.63. The van der Waals surface area contributed by atoms with E-state index in [-0.39, 0.29) is 11.6 Å². The predicted octanol–water partition coefficient (Wildman–Crippen LogP) is 1.70. The lowest BCUT2D eigenvalue weighted by atomic mass is 10.0. The number of likely N-dealkylation sites (tertiary alicyclic amines) is 1. The van der Waals surface area contributed by atoms with E-state index in [4.69, 9.17) is 9.47 Å². The molecule has 7 heteroatoms. The molecule has 1 aromatic carbocycles. The minimum absolute atomic E-state index is 0.151. The number of methoxy groups -OCH3 is 1. The Balaban J connectivity index is 1.70. The first-order valence-corrected chi connectivity index (χ1v) is 8.53. The number of ether oxygens (including phenoxy) is 2. The highest BCUT2D eigenvalue weighted by molar-refractivity contribution is 5.92. The highest BCUT2D eigenvalue weighted by Crippen LogP contribution is 2.27. The molecule has 26 heavy (non-hydrogen) atoms. The molecule has 138 valence electrons. The number of rotatable bonds is 5. The molecule has 3 rings (SSSR count). The van der Waals surface area contributed by atoms with Crippen molar-refractivity contribution in [1.82, 2.24) is 14.9 Å². The Labute approximate surface area is 152 Å². The fraction of sp³-hybridized carbons (Fsp3) is 0.421. The third-order valence-corrected chi connectivity index (χ3v) is 4.63. The van der Waals surface area contributed by atoms with Gasteiger partial charge < -0.3 is 19.4 Å². The number of carbonyl (C=O) groups excluding carboxylic acids is 1. The average molecular weight is 357 g/mol. The first kappa shape index (κ1) is 18.1. The first-order valence-electron chi connectivity index (χ1n) is 8.53. The van der Waals surface area contributed by atoms with Crippen LogP contribution in [0.3, 0.4) is 0 Å². The van der Waals surface area contributed by atoms with Crippen LogP contribution in [0.4, 0.5) is 0 Å². The second kappa shape index (κ2) is 7.29. The van der Waals surface area contributed by atoms with Crippen LogP contribution in [0.1, 0.15) is 28.2 Å². The zero-order valence-electron chi connectivity index (χ0n) is 15.2. The number of nitrogens with one attached hydrogen (secondary N) is 1. The number of aryl methyl sites for hydroxylation is 2. The molecule has 1 fully saturated rings. The van der Waals surface area contributed by atoms with Gasteiger partial charge in [0.1, 0.15) is 23.7 Å². The van der Waals surface area contributed by atoms with Gasteiger partial charge in [-0.2, -0.15) is 4.98 Å². The average Bonchev–Trinajstić information content (AvgIpc) is 3.04. The Kier molecular flexibility index (Phi) is 5.08. The van der Waals surface area contributed by atoms with E-state index >= 15 is 0 Å². The van der Waals surface area contributed by atoms with Gasteiger partial charge in [-0.15, -0.1) is 0 Å². The largest absolute Gasteiger partial charge is 0.491 e. The van der Waals surface area contributed by atoms with Crippen molar-refractivity contribution in [2.45, 2.75) is 25.9 Å². The quantitative estimate of drug-likeness (QED) is 0.880. The van der Waals surface area contributed by atoms with Crippen LogP contribution >= 0.6 is 0 Å². The number of hydrogen-bond acceptors (Lipinski definition) is 5. The van der Waals surface area contributed by atoms with Gasteiger partial charge in [0.2, 0.25) is 0 Å². The molecule has 1 aliphatic heterocycles.